The van der Waals surface area contributed by atoms with Gasteiger partial charge in [0.25, 0.3) is 0 Å². The maximum Gasteiger partial charge on any atom is 0.144 e. The molecule has 0 bridgehead atoms. The van der Waals surface area contributed by atoms with E-state index in [0.29, 0.717) is 48.7 Å². The average Bonchev–Trinajstić information content (AvgIpc) is 2.92. The van der Waals surface area contributed by atoms with Crippen LogP contribution in [0.25, 0.3) is 33.2 Å². The normalized spacial score (nSPS) is 14.0. The first-order chi connectivity index (χ1) is 18.5. The minimum Gasteiger partial charge on any atom is -0.489 e. The van der Waals surface area contributed by atoms with Crippen LogP contribution < -0.4 is 15.4 Å². The molecule has 0 radical (unpaired) electrons. The van der Waals surface area contributed by atoms with Crippen molar-refractivity contribution in [2.24, 2.45) is 5.73 Å². The Morgan fingerprint density at radius 1 is 1.00 bits per heavy atom. The Kier molecular flexibility index (Phi) is 7.50. The van der Waals surface area contributed by atoms with Gasteiger partial charge in [-0.05, 0) is 54.3 Å². The molecule has 2 heterocycles. The number of benzene rings is 3. The SMILES string of the molecule is COCCOc1c(C#N)cccc1-c1ccc2ncc(-c3cc(F)cc(F)c3)c(N3CCC(N)CC3)c2c1. The lowest BCUT2D eigenvalue weighted by molar-refractivity contribution is 0.146. The second-order valence-corrected chi connectivity index (χ2v) is 9.37. The number of anilines is 1. The zero-order valence-corrected chi connectivity index (χ0v) is 21.1. The first-order valence-corrected chi connectivity index (χ1v) is 12.5. The van der Waals surface area contributed by atoms with Gasteiger partial charge >= 0.3 is 0 Å². The summed E-state index contributed by atoms with van der Waals surface area (Å²) in [4.78, 5) is 6.86. The molecule has 1 saturated heterocycles. The standard InChI is InChI=1S/C30H28F2N4O2/c1-37-11-12-38-30-20(17-33)3-2-4-25(30)19-5-6-28-26(15-19)29(36-9-7-24(34)8-10-36)27(18-35-28)21-13-22(31)16-23(32)14-21/h2-6,13-16,18,24H,7-12,34H2,1H3. The van der Waals surface area contributed by atoms with E-state index in [4.69, 9.17) is 15.2 Å². The van der Waals surface area contributed by atoms with Crippen LogP contribution in [0.4, 0.5) is 14.5 Å². The molecule has 1 aliphatic heterocycles. The second kappa shape index (κ2) is 11.1. The van der Waals surface area contributed by atoms with Crippen LogP contribution in [0.1, 0.15) is 18.4 Å². The van der Waals surface area contributed by atoms with Crippen LogP contribution in [-0.2, 0) is 4.74 Å². The number of nitrogens with two attached hydrogens (primary N) is 1. The van der Waals surface area contributed by atoms with Crippen LogP contribution in [0.3, 0.4) is 0 Å². The van der Waals surface area contributed by atoms with E-state index >= 15 is 0 Å². The van der Waals surface area contributed by atoms with Gasteiger partial charge in [-0.25, -0.2) is 8.78 Å². The molecule has 1 aliphatic rings. The fraction of sp³-hybridized carbons (Fsp3) is 0.267. The number of para-hydroxylation sites is 1. The van der Waals surface area contributed by atoms with Crippen LogP contribution in [0.2, 0.25) is 0 Å². The van der Waals surface area contributed by atoms with Gasteiger partial charge in [-0.2, -0.15) is 5.26 Å². The molecule has 5 rings (SSSR count). The van der Waals surface area contributed by atoms with Gasteiger partial charge in [0, 0.05) is 55.0 Å². The van der Waals surface area contributed by atoms with Gasteiger partial charge in [0.1, 0.15) is 30.1 Å². The van der Waals surface area contributed by atoms with Crippen molar-refractivity contribution in [1.29, 1.82) is 5.26 Å². The zero-order chi connectivity index (χ0) is 26.6. The van der Waals surface area contributed by atoms with E-state index in [9.17, 15) is 14.0 Å². The van der Waals surface area contributed by atoms with Gasteiger partial charge in [0.15, 0.2) is 0 Å². The van der Waals surface area contributed by atoms with Gasteiger partial charge in [-0.3, -0.25) is 4.98 Å². The van der Waals surface area contributed by atoms with Gasteiger partial charge in [-0.1, -0.05) is 18.2 Å². The summed E-state index contributed by atoms with van der Waals surface area (Å²) in [6.07, 6.45) is 3.29. The Bertz CT molecular complexity index is 1490. The number of pyridine rings is 1. The lowest BCUT2D eigenvalue weighted by Gasteiger charge is -2.34. The number of aromatic nitrogens is 1. The highest BCUT2D eigenvalue weighted by Gasteiger charge is 2.23. The van der Waals surface area contributed by atoms with E-state index in [-0.39, 0.29) is 6.04 Å². The highest BCUT2D eigenvalue weighted by Crippen LogP contribution is 2.41. The number of rotatable bonds is 7. The predicted molar refractivity (Wildman–Crippen MR) is 144 cm³/mol. The third-order valence-electron chi connectivity index (χ3n) is 6.85. The lowest BCUT2D eigenvalue weighted by atomic mass is 9.95. The molecule has 6 nitrogen and oxygen atoms in total. The second-order valence-electron chi connectivity index (χ2n) is 9.37. The number of hydrogen-bond donors (Lipinski definition) is 1. The molecule has 2 N–H and O–H groups in total. The molecule has 0 saturated carbocycles. The third-order valence-corrected chi connectivity index (χ3v) is 6.85. The van der Waals surface area contributed by atoms with Crippen molar-refractivity contribution in [3.8, 4) is 34.1 Å². The summed E-state index contributed by atoms with van der Waals surface area (Å²) in [6.45, 7) is 2.11. The van der Waals surface area contributed by atoms with Crippen molar-refractivity contribution in [3.63, 3.8) is 0 Å². The lowest BCUT2D eigenvalue weighted by Crippen LogP contribution is -2.40. The van der Waals surface area contributed by atoms with Crippen LogP contribution in [0.5, 0.6) is 5.75 Å². The number of methoxy groups -OCH3 is 1. The molecule has 0 aliphatic carbocycles. The molecule has 0 atom stereocenters. The summed E-state index contributed by atoms with van der Waals surface area (Å²) >= 11 is 0. The van der Waals surface area contributed by atoms with Crippen molar-refractivity contribution in [2.45, 2.75) is 18.9 Å². The Hall–Kier alpha value is -4.06. The van der Waals surface area contributed by atoms with E-state index in [2.05, 4.69) is 16.0 Å². The largest absolute Gasteiger partial charge is 0.489 e. The highest BCUT2D eigenvalue weighted by molar-refractivity contribution is 6.02. The monoisotopic (exact) mass is 514 g/mol. The highest BCUT2D eigenvalue weighted by atomic mass is 19.1. The number of piperidine rings is 1. The number of fused-ring (bicyclic) bond motifs is 1. The van der Waals surface area contributed by atoms with Crippen molar-refractivity contribution < 1.29 is 18.3 Å². The van der Waals surface area contributed by atoms with Gasteiger partial charge in [-0.15, -0.1) is 0 Å². The molecular formula is C30H28F2N4O2. The Balaban J connectivity index is 1.71. The van der Waals surface area contributed by atoms with Crippen LogP contribution >= 0.6 is 0 Å². The van der Waals surface area contributed by atoms with E-state index in [1.54, 1.807) is 19.4 Å². The van der Waals surface area contributed by atoms with E-state index in [1.807, 2.05) is 30.3 Å². The van der Waals surface area contributed by atoms with Crippen LogP contribution in [0, 0.1) is 23.0 Å². The molecule has 0 amide bonds. The Labute approximate surface area is 220 Å². The summed E-state index contributed by atoms with van der Waals surface area (Å²) in [5.74, 6) is -0.813. The molecule has 1 aromatic heterocycles. The van der Waals surface area contributed by atoms with Gasteiger partial charge in [0.2, 0.25) is 0 Å². The third kappa shape index (κ3) is 5.17. The van der Waals surface area contributed by atoms with E-state index in [1.165, 1.54) is 12.1 Å². The summed E-state index contributed by atoms with van der Waals surface area (Å²) in [7, 11) is 1.59. The molecule has 38 heavy (non-hydrogen) atoms. The van der Waals surface area contributed by atoms with Gasteiger partial charge < -0.3 is 20.1 Å². The first-order valence-electron chi connectivity index (χ1n) is 12.5. The molecule has 8 heteroatoms. The molecule has 0 unspecified atom stereocenters. The molecule has 3 aromatic carbocycles. The van der Waals surface area contributed by atoms with Gasteiger partial charge in [0.05, 0.1) is 23.4 Å². The summed E-state index contributed by atoms with van der Waals surface area (Å²) in [5.41, 5.74) is 10.9. The minimum absolute atomic E-state index is 0.116. The fourth-order valence-corrected chi connectivity index (χ4v) is 4.97. The number of ether oxygens (including phenoxy) is 2. The first kappa shape index (κ1) is 25.6. The van der Waals surface area contributed by atoms with E-state index < -0.39 is 11.6 Å². The van der Waals surface area contributed by atoms with Crippen molar-refractivity contribution in [2.75, 3.05) is 38.3 Å². The number of nitrogens with zero attached hydrogens (tertiary/aromatic N) is 3. The molecule has 0 spiro atoms. The number of hydrogen-bond acceptors (Lipinski definition) is 6. The van der Waals surface area contributed by atoms with Crippen molar-refractivity contribution in [3.05, 3.63) is 78.0 Å². The minimum atomic E-state index is -0.647. The quantitative estimate of drug-likeness (QED) is 0.320. The Morgan fingerprint density at radius 2 is 1.76 bits per heavy atom. The van der Waals surface area contributed by atoms with E-state index in [0.717, 1.165) is 46.6 Å². The molecule has 194 valence electrons. The zero-order valence-electron chi connectivity index (χ0n) is 21.1. The molecule has 4 aromatic rings. The summed E-state index contributed by atoms with van der Waals surface area (Å²) in [5, 5.41) is 10.5. The van der Waals surface area contributed by atoms with Crippen molar-refractivity contribution >= 4 is 16.6 Å². The van der Waals surface area contributed by atoms with Crippen LogP contribution in [0.15, 0.2) is 60.8 Å². The molecular weight excluding hydrogens is 486 g/mol. The summed E-state index contributed by atoms with van der Waals surface area (Å²) in [6, 6.07) is 17.1. The topological polar surface area (TPSA) is 84.4 Å². The average molecular weight is 515 g/mol. The smallest absolute Gasteiger partial charge is 0.144 e. The number of nitriles is 1. The molecule has 1 fully saturated rings. The van der Waals surface area contributed by atoms with Crippen LogP contribution in [-0.4, -0.2) is 44.4 Å². The maximum atomic E-state index is 14.2. The Morgan fingerprint density at radius 3 is 2.47 bits per heavy atom. The maximum absolute atomic E-state index is 14.2. The number of halogens is 2. The predicted octanol–water partition coefficient (Wildman–Crippen LogP) is 5.67. The van der Waals surface area contributed by atoms with Crippen molar-refractivity contribution in [1.82, 2.24) is 4.98 Å². The summed E-state index contributed by atoms with van der Waals surface area (Å²) < 4.78 is 39.6. The fourth-order valence-electron chi connectivity index (χ4n) is 4.97.